The van der Waals surface area contributed by atoms with E-state index in [2.05, 4.69) is 20.9 Å². The second kappa shape index (κ2) is 3.80. The molecule has 0 aliphatic heterocycles. The first-order chi connectivity index (χ1) is 6.79. The van der Waals surface area contributed by atoms with Crippen molar-refractivity contribution >= 4 is 15.9 Å². The van der Waals surface area contributed by atoms with E-state index < -0.39 is 0 Å². The monoisotopic (exact) mass is 249 g/mol. The van der Waals surface area contributed by atoms with Gasteiger partial charge in [-0.15, -0.1) is 0 Å². The maximum atomic E-state index is 9.67. The summed E-state index contributed by atoms with van der Waals surface area (Å²) in [5, 5.41) is 9.67. The van der Waals surface area contributed by atoms with E-state index in [4.69, 9.17) is 0 Å². The summed E-state index contributed by atoms with van der Waals surface area (Å²) < 4.78 is 0.844. The Labute approximate surface area is 90.4 Å². The van der Waals surface area contributed by atoms with Crippen LogP contribution in [0.15, 0.2) is 47.1 Å². The zero-order valence-corrected chi connectivity index (χ0v) is 8.90. The molecule has 3 heteroatoms. The summed E-state index contributed by atoms with van der Waals surface area (Å²) in [6, 6.07) is 10.9. The second-order valence-corrected chi connectivity index (χ2v) is 3.70. The van der Waals surface area contributed by atoms with Crippen LogP contribution in [0.4, 0.5) is 0 Å². The van der Waals surface area contributed by atoms with Gasteiger partial charge in [-0.2, -0.15) is 0 Å². The number of halogens is 1. The standard InChI is InChI=1S/C11H8BrNO/c12-8-4-3-6-10(14)11(8)9-5-1-2-7-13-9/h1-7,14H. The average molecular weight is 250 g/mol. The van der Waals surface area contributed by atoms with Gasteiger partial charge in [-0.1, -0.05) is 12.1 Å². The number of aromatic hydroxyl groups is 1. The van der Waals surface area contributed by atoms with Crippen molar-refractivity contribution in [2.45, 2.75) is 0 Å². The topological polar surface area (TPSA) is 33.1 Å². The normalized spacial score (nSPS) is 10.1. The van der Waals surface area contributed by atoms with E-state index in [9.17, 15) is 5.11 Å². The Morgan fingerprint density at radius 2 is 1.93 bits per heavy atom. The molecule has 2 rings (SSSR count). The minimum absolute atomic E-state index is 0.234. The number of rotatable bonds is 1. The highest BCUT2D eigenvalue weighted by atomic mass is 79.9. The number of hydrogen-bond acceptors (Lipinski definition) is 2. The molecule has 14 heavy (non-hydrogen) atoms. The first-order valence-electron chi connectivity index (χ1n) is 4.18. The molecule has 0 aliphatic carbocycles. The maximum absolute atomic E-state index is 9.67. The summed E-state index contributed by atoms with van der Waals surface area (Å²) in [6.07, 6.45) is 1.70. The Kier molecular flexibility index (Phi) is 2.50. The summed E-state index contributed by atoms with van der Waals surface area (Å²) in [4.78, 5) is 4.18. The highest BCUT2D eigenvalue weighted by Crippen LogP contribution is 2.34. The third kappa shape index (κ3) is 1.63. The first kappa shape index (κ1) is 9.21. The predicted octanol–water partition coefficient (Wildman–Crippen LogP) is 3.22. The molecule has 1 aromatic heterocycles. The van der Waals surface area contributed by atoms with Gasteiger partial charge in [-0.3, -0.25) is 4.98 Å². The molecule has 0 bridgehead atoms. The Balaban J connectivity index is 2.63. The molecular weight excluding hydrogens is 242 g/mol. The number of phenolic OH excluding ortho intramolecular Hbond substituents is 1. The van der Waals surface area contributed by atoms with Crippen molar-refractivity contribution in [2.24, 2.45) is 0 Å². The van der Waals surface area contributed by atoms with Gasteiger partial charge in [0.2, 0.25) is 0 Å². The largest absolute Gasteiger partial charge is 0.507 e. The Hall–Kier alpha value is -1.35. The van der Waals surface area contributed by atoms with Crippen LogP contribution in [0.5, 0.6) is 5.75 Å². The number of aromatic nitrogens is 1. The number of nitrogens with zero attached hydrogens (tertiary/aromatic N) is 1. The van der Waals surface area contributed by atoms with Crippen LogP contribution in [0.3, 0.4) is 0 Å². The fourth-order valence-electron chi connectivity index (χ4n) is 1.28. The minimum Gasteiger partial charge on any atom is -0.507 e. The SMILES string of the molecule is Oc1cccc(Br)c1-c1ccccn1. The van der Waals surface area contributed by atoms with E-state index >= 15 is 0 Å². The summed E-state index contributed by atoms with van der Waals surface area (Å²) in [5.41, 5.74) is 1.49. The van der Waals surface area contributed by atoms with Crippen LogP contribution in [-0.2, 0) is 0 Å². The minimum atomic E-state index is 0.234. The zero-order chi connectivity index (χ0) is 9.97. The molecule has 0 amide bonds. The van der Waals surface area contributed by atoms with Crippen LogP contribution in [0.2, 0.25) is 0 Å². The smallest absolute Gasteiger partial charge is 0.126 e. The van der Waals surface area contributed by atoms with Crippen molar-refractivity contribution in [3.63, 3.8) is 0 Å². The molecule has 0 saturated carbocycles. The van der Waals surface area contributed by atoms with E-state index in [1.54, 1.807) is 18.3 Å². The fourth-order valence-corrected chi connectivity index (χ4v) is 1.84. The third-order valence-electron chi connectivity index (χ3n) is 1.91. The predicted molar refractivity (Wildman–Crippen MR) is 59.0 cm³/mol. The maximum Gasteiger partial charge on any atom is 0.126 e. The zero-order valence-electron chi connectivity index (χ0n) is 7.31. The van der Waals surface area contributed by atoms with Crippen LogP contribution >= 0.6 is 15.9 Å². The Bertz CT molecular complexity index is 422. The number of benzene rings is 1. The van der Waals surface area contributed by atoms with E-state index in [1.165, 1.54) is 0 Å². The van der Waals surface area contributed by atoms with Crippen molar-refractivity contribution in [3.8, 4) is 17.0 Å². The number of pyridine rings is 1. The quantitative estimate of drug-likeness (QED) is 0.842. The lowest BCUT2D eigenvalue weighted by Gasteiger charge is -2.05. The van der Waals surface area contributed by atoms with Gasteiger partial charge in [0.05, 0.1) is 11.3 Å². The fraction of sp³-hybridized carbons (Fsp3) is 0. The second-order valence-electron chi connectivity index (χ2n) is 2.85. The molecule has 0 unspecified atom stereocenters. The lowest BCUT2D eigenvalue weighted by Crippen LogP contribution is -1.84. The molecule has 0 atom stereocenters. The molecule has 0 fully saturated rings. The summed E-state index contributed by atoms with van der Waals surface area (Å²) in [7, 11) is 0. The van der Waals surface area contributed by atoms with Crippen molar-refractivity contribution in [3.05, 3.63) is 47.1 Å². The van der Waals surface area contributed by atoms with E-state index in [1.807, 2.05) is 24.3 Å². The summed E-state index contributed by atoms with van der Waals surface area (Å²) in [5.74, 6) is 0.234. The third-order valence-corrected chi connectivity index (χ3v) is 2.57. The van der Waals surface area contributed by atoms with Gasteiger partial charge >= 0.3 is 0 Å². The number of hydrogen-bond donors (Lipinski definition) is 1. The van der Waals surface area contributed by atoms with Gasteiger partial charge in [-0.05, 0) is 40.2 Å². The van der Waals surface area contributed by atoms with Gasteiger partial charge in [0.1, 0.15) is 5.75 Å². The van der Waals surface area contributed by atoms with Crippen LogP contribution in [0, 0.1) is 0 Å². The molecule has 0 radical (unpaired) electrons. The molecule has 0 spiro atoms. The van der Waals surface area contributed by atoms with Gasteiger partial charge < -0.3 is 5.11 Å². The van der Waals surface area contributed by atoms with Gasteiger partial charge in [-0.25, -0.2) is 0 Å². The Morgan fingerprint density at radius 3 is 2.57 bits per heavy atom. The highest BCUT2D eigenvalue weighted by Gasteiger charge is 2.08. The summed E-state index contributed by atoms with van der Waals surface area (Å²) >= 11 is 3.38. The van der Waals surface area contributed by atoms with Crippen molar-refractivity contribution in [1.29, 1.82) is 0 Å². The molecule has 70 valence electrons. The molecule has 1 aromatic carbocycles. The van der Waals surface area contributed by atoms with Gasteiger partial charge in [0.25, 0.3) is 0 Å². The molecule has 0 aliphatic rings. The van der Waals surface area contributed by atoms with Crippen molar-refractivity contribution < 1.29 is 5.11 Å². The highest BCUT2D eigenvalue weighted by molar-refractivity contribution is 9.10. The van der Waals surface area contributed by atoms with E-state index in [0.717, 1.165) is 15.7 Å². The van der Waals surface area contributed by atoms with Crippen LogP contribution < -0.4 is 0 Å². The molecule has 1 heterocycles. The molecular formula is C11H8BrNO. The molecule has 1 N–H and O–H groups in total. The van der Waals surface area contributed by atoms with Crippen molar-refractivity contribution in [1.82, 2.24) is 4.98 Å². The molecule has 0 saturated heterocycles. The van der Waals surface area contributed by atoms with Gasteiger partial charge in [0.15, 0.2) is 0 Å². The average Bonchev–Trinajstić information content (AvgIpc) is 2.19. The number of phenols is 1. The van der Waals surface area contributed by atoms with E-state index in [-0.39, 0.29) is 5.75 Å². The van der Waals surface area contributed by atoms with Crippen LogP contribution in [0.1, 0.15) is 0 Å². The summed E-state index contributed by atoms with van der Waals surface area (Å²) in [6.45, 7) is 0. The Morgan fingerprint density at radius 1 is 1.07 bits per heavy atom. The molecule has 2 nitrogen and oxygen atoms in total. The lowest BCUT2D eigenvalue weighted by atomic mass is 10.1. The first-order valence-corrected chi connectivity index (χ1v) is 4.97. The van der Waals surface area contributed by atoms with E-state index in [0.29, 0.717) is 0 Å². The van der Waals surface area contributed by atoms with Crippen molar-refractivity contribution in [2.75, 3.05) is 0 Å². The lowest BCUT2D eigenvalue weighted by molar-refractivity contribution is 0.477. The van der Waals surface area contributed by atoms with Gasteiger partial charge in [0, 0.05) is 10.7 Å². The molecule has 2 aromatic rings. The van der Waals surface area contributed by atoms with Crippen LogP contribution in [-0.4, -0.2) is 10.1 Å². The van der Waals surface area contributed by atoms with Crippen LogP contribution in [0.25, 0.3) is 11.3 Å².